The SMILES string of the molecule is COC(=O)CN1C(=O)C(=O)C(=C(O)c2ccccc2)C1c1ccc(O)c(OC)c1. The Hall–Kier alpha value is -3.81. The van der Waals surface area contributed by atoms with Crippen molar-refractivity contribution < 1.29 is 34.1 Å². The van der Waals surface area contributed by atoms with Crippen molar-refractivity contribution in [2.75, 3.05) is 20.8 Å². The van der Waals surface area contributed by atoms with Gasteiger partial charge >= 0.3 is 5.97 Å². The minimum absolute atomic E-state index is 0.117. The molecule has 1 aliphatic rings. The maximum Gasteiger partial charge on any atom is 0.325 e. The summed E-state index contributed by atoms with van der Waals surface area (Å²) in [6, 6.07) is 11.5. The summed E-state index contributed by atoms with van der Waals surface area (Å²) in [6.07, 6.45) is 0. The number of carbonyl (C=O) groups excluding carboxylic acids is 3. The summed E-state index contributed by atoms with van der Waals surface area (Å²) in [5.74, 6) is -2.97. The smallest absolute Gasteiger partial charge is 0.325 e. The van der Waals surface area contributed by atoms with Gasteiger partial charge in [0.25, 0.3) is 11.7 Å². The molecule has 0 saturated carbocycles. The summed E-state index contributed by atoms with van der Waals surface area (Å²) in [4.78, 5) is 38.3. The zero-order chi connectivity index (χ0) is 21.1. The first-order chi connectivity index (χ1) is 13.9. The molecular formula is C21H19NO7. The highest BCUT2D eigenvalue weighted by Crippen LogP contribution is 2.41. The van der Waals surface area contributed by atoms with Gasteiger partial charge in [-0.25, -0.2) is 0 Å². The molecule has 2 N–H and O–H groups in total. The third-order valence-electron chi connectivity index (χ3n) is 4.63. The third-order valence-corrected chi connectivity index (χ3v) is 4.63. The molecule has 0 bridgehead atoms. The Morgan fingerprint density at radius 1 is 1.10 bits per heavy atom. The highest BCUT2D eigenvalue weighted by atomic mass is 16.5. The number of hydrogen-bond acceptors (Lipinski definition) is 7. The van der Waals surface area contributed by atoms with E-state index >= 15 is 0 Å². The van der Waals surface area contributed by atoms with Gasteiger partial charge in [-0.05, 0) is 17.7 Å². The van der Waals surface area contributed by atoms with Crippen molar-refractivity contribution >= 4 is 23.4 Å². The quantitative estimate of drug-likeness (QED) is 0.343. The molecule has 2 aromatic rings. The number of carbonyl (C=O) groups is 3. The summed E-state index contributed by atoms with van der Waals surface area (Å²) >= 11 is 0. The number of ether oxygens (including phenoxy) is 2. The lowest BCUT2D eigenvalue weighted by molar-refractivity contribution is -0.148. The molecular weight excluding hydrogens is 378 g/mol. The molecule has 1 atom stereocenters. The van der Waals surface area contributed by atoms with E-state index < -0.39 is 30.2 Å². The first-order valence-corrected chi connectivity index (χ1v) is 8.66. The number of aromatic hydroxyl groups is 1. The standard InChI is InChI=1S/C21H19NO7/c1-28-15-10-13(8-9-14(15)23)18-17(19(25)12-6-4-3-5-7-12)20(26)21(27)22(18)11-16(24)29-2/h3-10,18,23,25H,11H2,1-2H3. The number of phenolic OH excluding ortho intramolecular Hbond substituents is 1. The van der Waals surface area contributed by atoms with E-state index in [0.29, 0.717) is 11.1 Å². The monoisotopic (exact) mass is 397 g/mol. The summed E-state index contributed by atoms with van der Waals surface area (Å²) in [6.45, 7) is -0.486. The highest BCUT2D eigenvalue weighted by molar-refractivity contribution is 6.46. The molecule has 8 nitrogen and oxygen atoms in total. The number of Topliss-reactive ketones (excluding diaryl/α,β-unsaturated/α-hetero) is 1. The fraction of sp³-hybridized carbons (Fsp3) is 0.190. The average molecular weight is 397 g/mol. The molecule has 29 heavy (non-hydrogen) atoms. The van der Waals surface area contributed by atoms with Crippen molar-refractivity contribution in [3.63, 3.8) is 0 Å². The van der Waals surface area contributed by atoms with Gasteiger partial charge in [0.15, 0.2) is 11.5 Å². The van der Waals surface area contributed by atoms with Crippen LogP contribution in [0.4, 0.5) is 0 Å². The van der Waals surface area contributed by atoms with Crippen LogP contribution < -0.4 is 4.74 Å². The maximum atomic E-state index is 12.8. The van der Waals surface area contributed by atoms with Gasteiger partial charge in [0, 0.05) is 5.56 Å². The van der Waals surface area contributed by atoms with Gasteiger partial charge in [-0.2, -0.15) is 0 Å². The molecule has 1 saturated heterocycles. The Kier molecular flexibility index (Phi) is 5.54. The van der Waals surface area contributed by atoms with E-state index in [2.05, 4.69) is 4.74 Å². The predicted molar refractivity (Wildman–Crippen MR) is 102 cm³/mol. The Morgan fingerprint density at radius 3 is 2.41 bits per heavy atom. The molecule has 2 aromatic carbocycles. The van der Waals surface area contributed by atoms with Crippen LogP contribution in [0.25, 0.3) is 5.76 Å². The van der Waals surface area contributed by atoms with Crippen molar-refractivity contribution in [2.45, 2.75) is 6.04 Å². The second-order valence-electron chi connectivity index (χ2n) is 6.30. The van der Waals surface area contributed by atoms with Gasteiger partial charge in [-0.15, -0.1) is 0 Å². The number of esters is 1. The molecule has 150 valence electrons. The van der Waals surface area contributed by atoms with Crippen LogP contribution in [-0.2, 0) is 19.1 Å². The summed E-state index contributed by atoms with van der Waals surface area (Å²) in [5, 5.41) is 20.7. The third kappa shape index (κ3) is 3.64. The van der Waals surface area contributed by atoms with Crippen LogP contribution in [0.2, 0.25) is 0 Å². The van der Waals surface area contributed by atoms with E-state index in [1.807, 2.05) is 0 Å². The second kappa shape index (κ2) is 8.05. The van der Waals surface area contributed by atoms with E-state index in [1.165, 1.54) is 32.4 Å². The zero-order valence-corrected chi connectivity index (χ0v) is 15.8. The number of aliphatic hydroxyl groups excluding tert-OH is 1. The average Bonchev–Trinajstić information content (AvgIpc) is 2.99. The molecule has 1 aliphatic heterocycles. The van der Waals surface area contributed by atoms with Gasteiger partial charge in [0.05, 0.1) is 25.8 Å². The van der Waals surface area contributed by atoms with Crippen LogP contribution in [0.15, 0.2) is 54.1 Å². The van der Waals surface area contributed by atoms with Crippen molar-refractivity contribution in [3.05, 3.63) is 65.2 Å². The predicted octanol–water partition coefficient (Wildman–Crippen LogP) is 2.00. The van der Waals surface area contributed by atoms with Crippen LogP contribution in [0.5, 0.6) is 11.5 Å². The maximum absolute atomic E-state index is 12.8. The van der Waals surface area contributed by atoms with Gasteiger partial charge in [0.1, 0.15) is 12.3 Å². The van der Waals surface area contributed by atoms with E-state index in [1.54, 1.807) is 30.3 Å². The lowest BCUT2D eigenvalue weighted by Gasteiger charge is -2.24. The first-order valence-electron chi connectivity index (χ1n) is 8.66. The molecule has 1 heterocycles. The largest absolute Gasteiger partial charge is 0.507 e. The van der Waals surface area contributed by atoms with E-state index in [9.17, 15) is 24.6 Å². The molecule has 1 fully saturated rings. The topological polar surface area (TPSA) is 113 Å². The molecule has 3 rings (SSSR count). The Balaban J connectivity index is 2.21. The Morgan fingerprint density at radius 2 is 1.79 bits per heavy atom. The molecule has 0 aliphatic carbocycles. The van der Waals surface area contributed by atoms with Crippen LogP contribution in [-0.4, -0.2) is 53.5 Å². The van der Waals surface area contributed by atoms with Crippen LogP contribution >= 0.6 is 0 Å². The highest BCUT2D eigenvalue weighted by Gasteiger charge is 2.47. The van der Waals surface area contributed by atoms with Gasteiger partial charge in [0.2, 0.25) is 0 Å². The molecule has 0 aromatic heterocycles. The molecule has 0 radical (unpaired) electrons. The molecule has 1 amide bonds. The number of phenols is 1. The first kappa shape index (κ1) is 19.9. The Bertz CT molecular complexity index is 997. The number of rotatable bonds is 5. The Labute approximate surface area is 166 Å². The van der Waals surface area contributed by atoms with Crippen molar-refractivity contribution in [1.82, 2.24) is 4.90 Å². The van der Waals surface area contributed by atoms with Crippen molar-refractivity contribution in [1.29, 1.82) is 0 Å². The van der Waals surface area contributed by atoms with E-state index in [4.69, 9.17) is 4.74 Å². The fourth-order valence-electron chi connectivity index (χ4n) is 3.21. The lowest BCUT2D eigenvalue weighted by atomic mass is 9.95. The van der Waals surface area contributed by atoms with E-state index in [-0.39, 0.29) is 22.8 Å². The van der Waals surface area contributed by atoms with Crippen LogP contribution in [0, 0.1) is 0 Å². The van der Waals surface area contributed by atoms with Crippen LogP contribution in [0.3, 0.4) is 0 Å². The lowest BCUT2D eigenvalue weighted by Crippen LogP contribution is -2.35. The number of nitrogens with zero attached hydrogens (tertiary/aromatic N) is 1. The normalized spacial score (nSPS) is 18.0. The number of benzene rings is 2. The van der Waals surface area contributed by atoms with Crippen LogP contribution in [0.1, 0.15) is 17.2 Å². The van der Waals surface area contributed by atoms with E-state index in [0.717, 1.165) is 4.90 Å². The fourth-order valence-corrected chi connectivity index (χ4v) is 3.21. The van der Waals surface area contributed by atoms with Gasteiger partial charge in [-0.1, -0.05) is 36.4 Å². The van der Waals surface area contributed by atoms with Crippen molar-refractivity contribution in [3.8, 4) is 11.5 Å². The number of methoxy groups -OCH3 is 2. The second-order valence-corrected chi connectivity index (χ2v) is 6.30. The zero-order valence-electron chi connectivity index (χ0n) is 15.8. The molecule has 1 unspecified atom stereocenters. The van der Waals surface area contributed by atoms with Gasteiger partial charge < -0.3 is 24.6 Å². The minimum Gasteiger partial charge on any atom is -0.507 e. The molecule has 0 spiro atoms. The molecule has 8 heteroatoms. The number of aliphatic hydroxyl groups is 1. The number of ketones is 1. The minimum atomic E-state index is -1.07. The summed E-state index contributed by atoms with van der Waals surface area (Å²) in [7, 11) is 2.52. The summed E-state index contributed by atoms with van der Waals surface area (Å²) < 4.78 is 9.75. The number of hydrogen-bond donors (Lipinski definition) is 2. The van der Waals surface area contributed by atoms with Gasteiger partial charge in [-0.3, -0.25) is 14.4 Å². The number of likely N-dealkylation sites (tertiary alicyclic amines) is 1. The number of amides is 1. The van der Waals surface area contributed by atoms with Crippen molar-refractivity contribution in [2.24, 2.45) is 0 Å². The summed E-state index contributed by atoms with van der Waals surface area (Å²) in [5.41, 5.74) is 0.553.